The summed E-state index contributed by atoms with van der Waals surface area (Å²) in [4.78, 5) is 0. The first kappa shape index (κ1) is 14.8. The quantitative estimate of drug-likeness (QED) is 0.917. The summed E-state index contributed by atoms with van der Waals surface area (Å²) in [5.41, 5.74) is 6.67. The fraction of sp³-hybridized carbons (Fsp3) is 0.200. The van der Waals surface area contributed by atoms with Crippen molar-refractivity contribution in [1.82, 2.24) is 0 Å². The van der Waals surface area contributed by atoms with Gasteiger partial charge in [0.25, 0.3) is 0 Å². The topological polar surface area (TPSA) is 35.2 Å². The Labute approximate surface area is 121 Å². The largest absolute Gasteiger partial charge is 0.488 e. The van der Waals surface area contributed by atoms with E-state index in [1.807, 2.05) is 0 Å². The maximum absolute atomic E-state index is 13.6. The molecule has 0 heterocycles. The Morgan fingerprint density at radius 1 is 1.25 bits per heavy atom. The molecule has 0 aromatic heterocycles. The lowest BCUT2D eigenvalue weighted by Crippen LogP contribution is -2.09. The van der Waals surface area contributed by atoms with Crippen molar-refractivity contribution in [3.05, 3.63) is 64.2 Å². The van der Waals surface area contributed by atoms with E-state index < -0.39 is 11.6 Å². The molecule has 0 bridgehead atoms. The van der Waals surface area contributed by atoms with E-state index in [9.17, 15) is 8.78 Å². The van der Waals surface area contributed by atoms with E-state index >= 15 is 0 Å². The number of halogens is 3. The van der Waals surface area contributed by atoms with E-state index in [1.54, 1.807) is 19.1 Å². The average molecular weight is 298 g/mol. The minimum Gasteiger partial charge on any atom is -0.488 e. The summed E-state index contributed by atoms with van der Waals surface area (Å²) in [5, 5.41) is 0.267. The lowest BCUT2D eigenvalue weighted by Gasteiger charge is -2.15. The third kappa shape index (κ3) is 3.26. The molecule has 0 aliphatic rings. The standard InChI is InChI=1S/C15H14ClF2NO/c1-9(19)11-6-5-10(17)7-15(11)20-8-12-13(16)3-2-4-14(12)18/h2-7,9H,8,19H2,1H3/t9-/m0/s1. The molecule has 2 N–H and O–H groups in total. The van der Waals surface area contributed by atoms with Crippen LogP contribution in [0.3, 0.4) is 0 Å². The van der Waals surface area contributed by atoms with Crippen molar-refractivity contribution in [1.29, 1.82) is 0 Å². The zero-order valence-corrected chi connectivity index (χ0v) is 11.6. The smallest absolute Gasteiger partial charge is 0.131 e. The summed E-state index contributed by atoms with van der Waals surface area (Å²) in [6.45, 7) is 1.67. The van der Waals surface area contributed by atoms with Crippen LogP contribution in [0.1, 0.15) is 24.1 Å². The highest BCUT2D eigenvalue weighted by Crippen LogP contribution is 2.27. The predicted octanol–water partition coefficient (Wildman–Crippen LogP) is 4.22. The molecule has 0 saturated carbocycles. The minimum atomic E-state index is -0.462. The number of nitrogens with two attached hydrogens (primary N) is 1. The molecule has 0 unspecified atom stereocenters. The van der Waals surface area contributed by atoms with Crippen LogP contribution in [-0.4, -0.2) is 0 Å². The van der Waals surface area contributed by atoms with Gasteiger partial charge in [-0.2, -0.15) is 0 Å². The second-order valence-electron chi connectivity index (χ2n) is 4.46. The Kier molecular flexibility index (Phi) is 4.57. The first-order valence-corrected chi connectivity index (χ1v) is 6.47. The monoisotopic (exact) mass is 297 g/mol. The molecule has 1 atom stereocenters. The second-order valence-corrected chi connectivity index (χ2v) is 4.87. The number of ether oxygens (including phenoxy) is 1. The Bertz CT molecular complexity index is 597. The van der Waals surface area contributed by atoms with Gasteiger partial charge >= 0.3 is 0 Å². The van der Waals surface area contributed by atoms with Crippen LogP contribution in [0.2, 0.25) is 5.02 Å². The van der Waals surface area contributed by atoms with Crippen molar-refractivity contribution in [3.63, 3.8) is 0 Å². The van der Waals surface area contributed by atoms with Gasteiger partial charge in [0.1, 0.15) is 24.0 Å². The Morgan fingerprint density at radius 3 is 2.65 bits per heavy atom. The van der Waals surface area contributed by atoms with Crippen LogP contribution in [0.4, 0.5) is 8.78 Å². The van der Waals surface area contributed by atoms with Gasteiger partial charge in [-0.3, -0.25) is 0 Å². The first-order chi connectivity index (χ1) is 9.49. The molecule has 0 radical (unpaired) electrons. The molecular weight excluding hydrogens is 284 g/mol. The van der Waals surface area contributed by atoms with Gasteiger partial charge in [-0.1, -0.05) is 23.7 Å². The number of hydrogen-bond acceptors (Lipinski definition) is 2. The second kappa shape index (κ2) is 6.20. The van der Waals surface area contributed by atoms with E-state index in [-0.39, 0.29) is 23.2 Å². The minimum absolute atomic E-state index is 0.0886. The average Bonchev–Trinajstić information content (AvgIpc) is 2.37. The Hall–Kier alpha value is -1.65. The van der Waals surface area contributed by atoms with Gasteiger partial charge in [-0.05, 0) is 25.1 Å². The molecular formula is C15H14ClF2NO. The summed E-state index contributed by atoms with van der Waals surface area (Å²) >= 11 is 5.91. The molecule has 0 spiro atoms. The normalized spacial score (nSPS) is 12.2. The highest BCUT2D eigenvalue weighted by atomic mass is 35.5. The summed E-state index contributed by atoms with van der Waals surface area (Å²) in [7, 11) is 0. The van der Waals surface area contributed by atoms with Crippen LogP contribution < -0.4 is 10.5 Å². The van der Waals surface area contributed by atoms with Crippen molar-refractivity contribution >= 4 is 11.6 Å². The van der Waals surface area contributed by atoms with Crippen molar-refractivity contribution in [2.24, 2.45) is 5.73 Å². The van der Waals surface area contributed by atoms with Gasteiger partial charge in [0.2, 0.25) is 0 Å². The maximum Gasteiger partial charge on any atom is 0.131 e. The van der Waals surface area contributed by atoms with Crippen LogP contribution >= 0.6 is 11.6 Å². The molecule has 0 aliphatic carbocycles. The SMILES string of the molecule is C[C@H](N)c1ccc(F)cc1OCc1c(F)cccc1Cl. The molecule has 20 heavy (non-hydrogen) atoms. The molecule has 5 heteroatoms. The highest BCUT2D eigenvalue weighted by Gasteiger charge is 2.12. The van der Waals surface area contributed by atoms with Crippen LogP contribution in [-0.2, 0) is 6.61 Å². The molecule has 2 nitrogen and oxygen atoms in total. The van der Waals surface area contributed by atoms with E-state index in [4.69, 9.17) is 22.1 Å². The summed E-state index contributed by atoms with van der Waals surface area (Å²) in [5.74, 6) is -0.611. The number of rotatable bonds is 4. The van der Waals surface area contributed by atoms with Gasteiger partial charge in [-0.25, -0.2) is 8.78 Å². The van der Waals surface area contributed by atoms with Gasteiger partial charge in [-0.15, -0.1) is 0 Å². The zero-order valence-electron chi connectivity index (χ0n) is 10.9. The summed E-state index contributed by atoms with van der Waals surface area (Å²) in [6.07, 6.45) is 0. The lowest BCUT2D eigenvalue weighted by atomic mass is 10.1. The summed E-state index contributed by atoms with van der Waals surface area (Å²) in [6, 6.07) is 8.15. The van der Waals surface area contributed by atoms with Crippen LogP contribution in [0.25, 0.3) is 0 Å². The summed E-state index contributed by atoms with van der Waals surface area (Å²) < 4.78 is 32.4. The predicted molar refractivity (Wildman–Crippen MR) is 74.7 cm³/mol. The van der Waals surface area contributed by atoms with Crippen LogP contribution in [0.15, 0.2) is 36.4 Å². The van der Waals surface area contributed by atoms with Gasteiger partial charge in [0.15, 0.2) is 0 Å². The fourth-order valence-corrected chi connectivity index (χ4v) is 2.05. The Morgan fingerprint density at radius 2 is 2.00 bits per heavy atom. The number of hydrogen-bond donors (Lipinski definition) is 1. The van der Waals surface area contributed by atoms with Crippen molar-refractivity contribution in [2.45, 2.75) is 19.6 Å². The third-order valence-corrected chi connectivity index (χ3v) is 3.25. The van der Waals surface area contributed by atoms with Crippen molar-refractivity contribution in [2.75, 3.05) is 0 Å². The van der Waals surface area contributed by atoms with Gasteiger partial charge < -0.3 is 10.5 Å². The molecule has 0 saturated heterocycles. The molecule has 2 aromatic carbocycles. The van der Waals surface area contributed by atoms with Crippen LogP contribution in [0, 0.1) is 11.6 Å². The van der Waals surface area contributed by atoms with Crippen molar-refractivity contribution < 1.29 is 13.5 Å². The third-order valence-electron chi connectivity index (χ3n) is 2.90. The maximum atomic E-state index is 13.6. The molecule has 106 valence electrons. The van der Waals surface area contributed by atoms with E-state index in [0.717, 1.165) is 0 Å². The molecule has 0 fully saturated rings. The van der Waals surface area contributed by atoms with Gasteiger partial charge in [0.05, 0.1) is 5.02 Å². The Balaban J connectivity index is 2.25. The van der Waals surface area contributed by atoms with E-state index in [2.05, 4.69) is 0 Å². The molecule has 0 aliphatic heterocycles. The fourth-order valence-electron chi connectivity index (χ4n) is 1.83. The van der Waals surface area contributed by atoms with E-state index in [1.165, 1.54) is 24.3 Å². The first-order valence-electron chi connectivity index (χ1n) is 6.09. The zero-order chi connectivity index (χ0) is 14.7. The molecule has 0 amide bonds. The van der Waals surface area contributed by atoms with Crippen molar-refractivity contribution in [3.8, 4) is 5.75 Å². The molecule has 2 rings (SSSR count). The highest BCUT2D eigenvalue weighted by molar-refractivity contribution is 6.31. The van der Waals surface area contributed by atoms with Gasteiger partial charge in [0, 0.05) is 23.2 Å². The molecule has 2 aromatic rings. The lowest BCUT2D eigenvalue weighted by molar-refractivity contribution is 0.294. The number of benzene rings is 2. The van der Waals surface area contributed by atoms with Crippen LogP contribution in [0.5, 0.6) is 5.75 Å². The van der Waals surface area contributed by atoms with E-state index in [0.29, 0.717) is 11.3 Å².